The molecule has 0 atom stereocenters. The molecule has 2 amide bonds. The van der Waals surface area contributed by atoms with Crippen molar-refractivity contribution in [3.63, 3.8) is 0 Å². The Labute approximate surface area is 109 Å². The van der Waals surface area contributed by atoms with Gasteiger partial charge in [-0.2, -0.15) is 0 Å². The lowest BCUT2D eigenvalue weighted by molar-refractivity contribution is -0.114. The van der Waals surface area contributed by atoms with E-state index in [0.717, 1.165) is 6.42 Å². The summed E-state index contributed by atoms with van der Waals surface area (Å²) in [4.78, 5) is 28.9. The van der Waals surface area contributed by atoms with Gasteiger partial charge in [-0.25, -0.2) is 4.98 Å². The molecule has 98 valence electrons. The smallest absolute Gasteiger partial charge is 0.273 e. The maximum absolute atomic E-state index is 12.2. The van der Waals surface area contributed by atoms with Gasteiger partial charge in [-0.1, -0.05) is 0 Å². The van der Waals surface area contributed by atoms with Gasteiger partial charge < -0.3 is 15.0 Å². The van der Waals surface area contributed by atoms with E-state index in [1.165, 1.54) is 18.3 Å². The quantitative estimate of drug-likeness (QED) is 0.868. The van der Waals surface area contributed by atoms with Crippen molar-refractivity contribution >= 4 is 28.3 Å². The number of rotatable bonds is 2. The molecule has 0 radical (unpaired) electrons. The second-order valence-electron chi connectivity index (χ2n) is 3.98. The molecule has 0 aliphatic carbocycles. The van der Waals surface area contributed by atoms with Crippen LogP contribution in [0.4, 0.5) is 5.13 Å². The largest absolute Gasteiger partial charge is 0.380 e. The van der Waals surface area contributed by atoms with E-state index in [2.05, 4.69) is 10.3 Å². The first kappa shape index (κ1) is 13.0. The molecule has 18 heavy (non-hydrogen) atoms. The summed E-state index contributed by atoms with van der Waals surface area (Å²) < 4.78 is 5.30. The van der Waals surface area contributed by atoms with Crippen LogP contribution in [0.2, 0.25) is 0 Å². The molecule has 1 N–H and O–H groups in total. The lowest BCUT2D eigenvalue weighted by Gasteiger charge is -2.17. The number of aromatic nitrogens is 1. The minimum Gasteiger partial charge on any atom is -0.380 e. The lowest BCUT2D eigenvalue weighted by Crippen LogP contribution is -2.33. The Bertz CT molecular complexity index is 438. The van der Waals surface area contributed by atoms with Crippen molar-refractivity contribution in [2.24, 2.45) is 0 Å². The Morgan fingerprint density at radius 1 is 1.44 bits per heavy atom. The molecular formula is C11H15N3O3S. The van der Waals surface area contributed by atoms with Gasteiger partial charge in [0.05, 0.1) is 6.61 Å². The van der Waals surface area contributed by atoms with Gasteiger partial charge in [-0.05, 0) is 6.42 Å². The first-order valence-electron chi connectivity index (χ1n) is 5.77. The molecule has 1 aromatic heterocycles. The summed E-state index contributed by atoms with van der Waals surface area (Å²) in [5.74, 6) is -0.292. The van der Waals surface area contributed by atoms with Crippen LogP contribution in [0.15, 0.2) is 5.38 Å². The van der Waals surface area contributed by atoms with Gasteiger partial charge in [0.25, 0.3) is 5.91 Å². The van der Waals surface area contributed by atoms with Crippen LogP contribution in [0.1, 0.15) is 23.8 Å². The Hall–Kier alpha value is -1.47. The molecule has 0 aromatic carbocycles. The van der Waals surface area contributed by atoms with E-state index in [0.29, 0.717) is 37.1 Å². The molecule has 0 unspecified atom stereocenters. The highest BCUT2D eigenvalue weighted by Crippen LogP contribution is 2.17. The van der Waals surface area contributed by atoms with Gasteiger partial charge in [0, 0.05) is 32.0 Å². The molecule has 1 fully saturated rings. The van der Waals surface area contributed by atoms with Crippen LogP contribution >= 0.6 is 11.3 Å². The summed E-state index contributed by atoms with van der Waals surface area (Å²) in [5, 5.41) is 4.69. The lowest BCUT2D eigenvalue weighted by atomic mass is 10.3. The van der Waals surface area contributed by atoms with Crippen LogP contribution in [-0.4, -0.2) is 48.0 Å². The molecule has 2 heterocycles. The normalized spacial score (nSPS) is 16.2. The minimum absolute atomic E-state index is 0.103. The van der Waals surface area contributed by atoms with Gasteiger partial charge >= 0.3 is 0 Å². The number of ether oxygens (including phenoxy) is 1. The zero-order valence-electron chi connectivity index (χ0n) is 10.1. The third-order valence-electron chi connectivity index (χ3n) is 2.52. The number of nitrogens with one attached hydrogen (secondary N) is 1. The topological polar surface area (TPSA) is 71.5 Å². The van der Waals surface area contributed by atoms with Crippen molar-refractivity contribution in [3.8, 4) is 0 Å². The van der Waals surface area contributed by atoms with Crippen LogP contribution in [0.5, 0.6) is 0 Å². The van der Waals surface area contributed by atoms with Gasteiger partial charge in [-0.15, -0.1) is 11.3 Å². The summed E-state index contributed by atoms with van der Waals surface area (Å²) in [7, 11) is 0. The van der Waals surface area contributed by atoms with E-state index in [1.807, 2.05) is 0 Å². The third kappa shape index (κ3) is 3.27. The molecular weight excluding hydrogens is 254 g/mol. The SMILES string of the molecule is CC(=O)Nc1nc(C(=O)N2CCCOCC2)cs1. The van der Waals surface area contributed by atoms with E-state index in [1.54, 1.807) is 10.3 Å². The third-order valence-corrected chi connectivity index (χ3v) is 3.27. The molecule has 1 aromatic rings. The van der Waals surface area contributed by atoms with Crippen LogP contribution in [-0.2, 0) is 9.53 Å². The zero-order chi connectivity index (χ0) is 13.0. The second kappa shape index (κ2) is 5.92. The molecule has 1 aliphatic rings. The zero-order valence-corrected chi connectivity index (χ0v) is 11.0. The van der Waals surface area contributed by atoms with E-state index < -0.39 is 0 Å². The van der Waals surface area contributed by atoms with Crippen molar-refractivity contribution < 1.29 is 14.3 Å². The van der Waals surface area contributed by atoms with Crippen molar-refractivity contribution in [1.82, 2.24) is 9.88 Å². The molecule has 0 saturated carbocycles. The predicted octanol–water partition coefficient (Wildman–Crippen LogP) is 0.964. The molecule has 1 saturated heterocycles. The van der Waals surface area contributed by atoms with E-state index in [9.17, 15) is 9.59 Å². The molecule has 2 rings (SSSR count). The minimum atomic E-state index is -0.188. The molecule has 6 nitrogen and oxygen atoms in total. The van der Waals surface area contributed by atoms with Crippen LogP contribution < -0.4 is 5.32 Å². The van der Waals surface area contributed by atoms with Gasteiger partial charge in [0.2, 0.25) is 5.91 Å². The fourth-order valence-corrected chi connectivity index (χ4v) is 2.42. The number of carbonyl (C=O) groups excluding carboxylic acids is 2. The Morgan fingerprint density at radius 2 is 2.28 bits per heavy atom. The fourth-order valence-electron chi connectivity index (χ4n) is 1.69. The van der Waals surface area contributed by atoms with Gasteiger partial charge in [0.1, 0.15) is 5.69 Å². The van der Waals surface area contributed by atoms with E-state index >= 15 is 0 Å². The van der Waals surface area contributed by atoms with Gasteiger partial charge in [0.15, 0.2) is 5.13 Å². The number of nitrogens with zero attached hydrogens (tertiary/aromatic N) is 2. The standard InChI is InChI=1S/C11H15N3O3S/c1-8(15)12-11-13-9(7-18-11)10(16)14-3-2-5-17-6-4-14/h7H,2-6H2,1H3,(H,12,13,15). The number of hydrogen-bond acceptors (Lipinski definition) is 5. The highest BCUT2D eigenvalue weighted by atomic mass is 32.1. The molecule has 1 aliphatic heterocycles. The number of amides is 2. The average molecular weight is 269 g/mol. The first-order chi connectivity index (χ1) is 8.66. The summed E-state index contributed by atoms with van der Waals surface area (Å²) in [5.41, 5.74) is 0.380. The van der Waals surface area contributed by atoms with Crippen molar-refractivity contribution in [3.05, 3.63) is 11.1 Å². The second-order valence-corrected chi connectivity index (χ2v) is 4.84. The van der Waals surface area contributed by atoms with Gasteiger partial charge in [-0.3, -0.25) is 9.59 Å². The van der Waals surface area contributed by atoms with Crippen molar-refractivity contribution in [2.75, 3.05) is 31.6 Å². The summed E-state index contributed by atoms with van der Waals surface area (Å²) in [6.07, 6.45) is 0.842. The highest BCUT2D eigenvalue weighted by molar-refractivity contribution is 7.14. The predicted molar refractivity (Wildman–Crippen MR) is 67.8 cm³/mol. The number of anilines is 1. The fraction of sp³-hybridized carbons (Fsp3) is 0.545. The summed E-state index contributed by atoms with van der Waals surface area (Å²) in [6.45, 7) is 3.94. The Balaban J connectivity index is 2.03. The van der Waals surface area contributed by atoms with E-state index in [4.69, 9.17) is 4.74 Å². The highest BCUT2D eigenvalue weighted by Gasteiger charge is 2.20. The maximum Gasteiger partial charge on any atom is 0.273 e. The Morgan fingerprint density at radius 3 is 3.06 bits per heavy atom. The number of thiazole rings is 1. The molecule has 7 heteroatoms. The number of carbonyl (C=O) groups is 2. The first-order valence-corrected chi connectivity index (χ1v) is 6.65. The van der Waals surface area contributed by atoms with Crippen LogP contribution in [0.3, 0.4) is 0 Å². The monoisotopic (exact) mass is 269 g/mol. The molecule has 0 spiro atoms. The molecule has 0 bridgehead atoms. The van der Waals surface area contributed by atoms with Crippen molar-refractivity contribution in [2.45, 2.75) is 13.3 Å². The van der Waals surface area contributed by atoms with Crippen LogP contribution in [0, 0.1) is 0 Å². The van der Waals surface area contributed by atoms with Crippen molar-refractivity contribution in [1.29, 1.82) is 0 Å². The average Bonchev–Trinajstić information content (AvgIpc) is 2.63. The van der Waals surface area contributed by atoms with Crippen LogP contribution in [0.25, 0.3) is 0 Å². The number of hydrogen-bond donors (Lipinski definition) is 1. The summed E-state index contributed by atoms with van der Waals surface area (Å²) >= 11 is 1.25. The Kier molecular flexibility index (Phi) is 4.27. The summed E-state index contributed by atoms with van der Waals surface area (Å²) in [6, 6.07) is 0. The van der Waals surface area contributed by atoms with E-state index in [-0.39, 0.29) is 11.8 Å². The maximum atomic E-state index is 12.2.